The molecule has 0 aliphatic carbocycles. The molecule has 0 unspecified atom stereocenters. The molecule has 4 aromatic carbocycles. The van der Waals surface area contributed by atoms with Gasteiger partial charge in [0.05, 0.1) is 5.69 Å². The minimum Gasteiger partial charge on any atom is -0.321 e. The van der Waals surface area contributed by atoms with Crippen LogP contribution in [0, 0.1) is 18.3 Å². The van der Waals surface area contributed by atoms with E-state index in [1.807, 2.05) is 97.9 Å². The number of carbonyl (C=O) groups excluding carboxylic acids is 1. The number of hydrogen-bond acceptors (Lipinski definition) is 2. The van der Waals surface area contributed by atoms with Gasteiger partial charge in [0, 0.05) is 17.7 Å². The van der Waals surface area contributed by atoms with Crippen molar-refractivity contribution in [2.24, 2.45) is 0 Å². The first-order chi connectivity index (χ1) is 17.7. The summed E-state index contributed by atoms with van der Waals surface area (Å²) >= 11 is 0. The van der Waals surface area contributed by atoms with Gasteiger partial charge in [0.25, 0.3) is 5.91 Å². The third kappa shape index (κ3) is 4.55. The molecule has 0 saturated heterocycles. The standard InChI is InChI=1S/C32H25N3O/c1-23-17-19-27(20-18-23)32(36)34-31-28(21-33)29(25-13-7-3-8-14-25)30(26-15-9-4-10-16-26)35(31)22-24-11-5-2-6-12-24/h2-20H,22H2,1H3,(H,34,36). The van der Waals surface area contributed by atoms with Gasteiger partial charge in [-0.2, -0.15) is 5.26 Å². The summed E-state index contributed by atoms with van der Waals surface area (Å²) in [6.45, 7) is 2.48. The topological polar surface area (TPSA) is 57.8 Å². The van der Waals surface area contributed by atoms with Crippen LogP contribution in [0.2, 0.25) is 0 Å². The van der Waals surface area contributed by atoms with E-state index in [1.165, 1.54) is 0 Å². The zero-order chi connectivity index (χ0) is 24.9. The molecule has 0 spiro atoms. The SMILES string of the molecule is Cc1ccc(C(=O)Nc2c(C#N)c(-c3ccccc3)c(-c3ccccc3)n2Cc2ccccc2)cc1. The minimum atomic E-state index is -0.252. The van der Waals surface area contributed by atoms with Gasteiger partial charge < -0.3 is 9.88 Å². The summed E-state index contributed by atoms with van der Waals surface area (Å²) in [4.78, 5) is 13.4. The quantitative estimate of drug-likeness (QED) is 0.285. The molecule has 0 aliphatic rings. The first kappa shape index (κ1) is 22.9. The highest BCUT2D eigenvalue weighted by Gasteiger charge is 2.26. The number of hydrogen-bond donors (Lipinski definition) is 1. The zero-order valence-electron chi connectivity index (χ0n) is 20.0. The van der Waals surface area contributed by atoms with Crippen LogP contribution in [0.1, 0.15) is 27.0 Å². The van der Waals surface area contributed by atoms with Gasteiger partial charge in [-0.25, -0.2) is 0 Å². The number of anilines is 1. The van der Waals surface area contributed by atoms with Gasteiger partial charge in [-0.15, -0.1) is 0 Å². The lowest BCUT2D eigenvalue weighted by Crippen LogP contribution is -2.17. The van der Waals surface area contributed by atoms with Crippen molar-refractivity contribution >= 4 is 11.7 Å². The zero-order valence-corrected chi connectivity index (χ0v) is 20.0. The molecule has 36 heavy (non-hydrogen) atoms. The fraction of sp³-hybridized carbons (Fsp3) is 0.0625. The maximum atomic E-state index is 13.4. The lowest BCUT2D eigenvalue weighted by atomic mass is 9.98. The number of aromatic nitrogens is 1. The highest BCUT2D eigenvalue weighted by molar-refractivity contribution is 6.06. The largest absolute Gasteiger partial charge is 0.321 e. The molecule has 1 N–H and O–H groups in total. The molecule has 5 rings (SSSR count). The summed E-state index contributed by atoms with van der Waals surface area (Å²) in [6, 6.07) is 39.8. The summed E-state index contributed by atoms with van der Waals surface area (Å²) in [5, 5.41) is 13.5. The third-order valence-electron chi connectivity index (χ3n) is 6.21. The molecule has 0 aliphatic heterocycles. The Hall–Kier alpha value is -4.88. The number of nitrogens with zero attached hydrogens (tertiary/aromatic N) is 2. The predicted octanol–water partition coefficient (Wildman–Crippen LogP) is 7.30. The van der Waals surface area contributed by atoms with Gasteiger partial charge in [-0.3, -0.25) is 4.79 Å². The first-order valence-electron chi connectivity index (χ1n) is 11.8. The molecule has 0 bridgehead atoms. The second-order valence-corrected chi connectivity index (χ2v) is 8.68. The highest BCUT2D eigenvalue weighted by Crippen LogP contribution is 2.42. The van der Waals surface area contributed by atoms with Gasteiger partial charge in [0.1, 0.15) is 17.5 Å². The van der Waals surface area contributed by atoms with Gasteiger partial charge >= 0.3 is 0 Å². The van der Waals surface area contributed by atoms with Crippen LogP contribution in [-0.4, -0.2) is 10.5 Å². The fourth-order valence-electron chi connectivity index (χ4n) is 4.45. The van der Waals surface area contributed by atoms with Gasteiger partial charge in [-0.1, -0.05) is 109 Å². The van der Waals surface area contributed by atoms with E-state index in [0.29, 0.717) is 23.5 Å². The molecule has 1 aromatic heterocycles. The smallest absolute Gasteiger partial charge is 0.256 e. The van der Waals surface area contributed by atoms with Crippen molar-refractivity contribution in [3.05, 3.63) is 138 Å². The molecule has 174 valence electrons. The van der Waals surface area contributed by atoms with Gasteiger partial charge in [-0.05, 0) is 35.7 Å². The summed E-state index contributed by atoms with van der Waals surface area (Å²) in [5.74, 6) is 0.238. The van der Waals surface area contributed by atoms with Crippen molar-refractivity contribution < 1.29 is 4.79 Å². The second kappa shape index (κ2) is 10.2. The number of nitriles is 1. The monoisotopic (exact) mass is 467 g/mol. The van der Waals surface area contributed by atoms with Crippen LogP contribution >= 0.6 is 0 Å². The molecule has 0 fully saturated rings. The molecule has 0 radical (unpaired) electrons. The number of benzene rings is 4. The maximum Gasteiger partial charge on any atom is 0.256 e. The van der Waals surface area contributed by atoms with E-state index < -0.39 is 0 Å². The maximum absolute atomic E-state index is 13.4. The fourth-order valence-corrected chi connectivity index (χ4v) is 4.45. The van der Waals surface area contributed by atoms with Crippen molar-refractivity contribution in [1.82, 2.24) is 4.57 Å². The summed E-state index contributed by atoms with van der Waals surface area (Å²) < 4.78 is 2.05. The summed E-state index contributed by atoms with van der Waals surface area (Å²) in [6.07, 6.45) is 0. The number of aryl methyl sites for hydroxylation is 1. The molecule has 4 nitrogen and oxygen atoms in total. The molecule has 5 aromatic rings. The second-order valence-electron chi connectivity index (χ2n) is 8.68. The van der Waals surface area contributed by atoms with Crippen LogP contribution in [0.3, 0.4) is 0 Å². The van der Waals surface area contributed by atoms with Crippen LogP contribution in [0.4, 0.5) is 5.82 Å². The number of rotatable bonds is 6. The molecule has 0 saturated carbocycles. The van der Waals surface area contributed by atoms with Crippen LogP contribution in [0.5, 0.6) is 0 Å². The molecular formula is C32H25N3O. The Labute approximate surface area is 211 Å². The summed E-state index contributed by atoms with van der Waals surface area (Å²) in [7, 11) is 0. The lowest BCUT2D eigenvalue weighted by molar-refractivity contribution is 0.102. The van der Waals surface area contributed by atoms with Crippen molar-refractivity contribution in [1.29, 1.82) is 5.26 Å². The summed E-state index contributed by atoms with van der Waals surface area (Å²) in [5.41, 5.74) is 6.72. The Morgan fingerprint density at radius 1 is 0.778 bits per heavy atom. The van der Waals surface area contributed by atoms with E-state index in [9.17, 15) is 10.1 Å². The highest BCUT2D eigenvalue weighted by atomic mass is 16.1. The van der Waals surface area contributed by atoms with Crippen molar-refractivity contribution in [2.75, 3.05) is 5.32 Å². The first-order valence-corrected chi connectivity index (χ1v) is 11.8. The average molecular weight is 468 g/mol. The van der Waals surface area contributed by atoms with Gasteiger partial charge in [0.15, 0.2) is 0 Å². The van der Waals surface area contributed by atoms with E-state index in [4.69, 9.17) is 0 Å². The van der Waals surface area contributed by atoms with E-state index >= 15 is 0 Å². The van der Waals surface area contributed by atoms with Crippen molar-refractivity contribution in [3.63, 3.8) is 0 Å². The predicted molar refractivity (Wildman–Crippen MR) is 145 cm³/mol. The molecular weight excluding hydrogens is 442 g/mol. The van der Waals surface area contributed by atoms with Crippen molar-refractivity contribution in [3.8, 4) is 28.5 Å². The Kier molecular flexibility index (Phi) is 6.46. The Bertz CT molecular complexity index is 1530. The minimum absolute atomic E-state index is 0.252. The van der Waals surface area contributed by atoms with E-state index in [-0.39, 0.29) is 5.91 Å². The van der Waals surface area contributed by atoms with E-state index in [0.717, 1.165) is 33.5 Å². The van der Waals surface area contributed by atoms with E-state index in [1.54, 1.807) is 12.1 Å². The molecule has 1 amide bonds. The Balaban J connectivity index is 1.76. The number of amides is 1. The van der Waals surface area contributed by atoms with Crippen LogP contribution in [0.15, 0.2) is 115 Å². The lowest BCUT2D eigenvalue weighted by Gasteiger charge is -2.16. The molecule has 1 heterocycles. The van der Waals surface area contributed by atoms with Crippen LogP contribution < -0.4 is 5.32 Å². The van der Waals surface area contributed by atoms with Crippen molar-refractivity contribution in [2.45, 2.75) is 13.5 Å². The molecule has 0 atom stereocenters. The third-order valence-corrected chi connectivity index (χ3v) is 6.21. The number of carbonyl (C=O) groups is 1. The van der Waals surface area contributed by atoms with Crippen LogP contribution in [0.25, 0.3) is 22.4 Å². The van der Waals surface area contributed by atoms with Gasteiger partial charge in [0.2, 0.25) is 0 Å². The van der Waals surface area contributed by atoms with Crippen LogP contribution in [-0.2, 0) is 6.54 Å². The average Bonchev–Trinajstić information content (AvgIpc) is 3.23. The Morgan fingerprint density at radius 3 is 1.92 bits per heavy atom. The number of nitrogens with one attached hydrogen (secondary N) is 1. The molecule has 4 heteroatoms. The van der Waals surface area contributed by atoms with E-state index in [2.05, 4.69) is 28.1 Å². The normalized spacial score (nSPS) is 10.6. The Morgan fingerprint density at radius 2 is 1.33 bits per heavy atom.